The van der Waals surface area contributed by atoms with E-state index in [0.717, 1.165) is 17.7 Å². The highest BCUT2D eigenvalue weighted by Gasteiger charge is 2.60. The molecule has 1 saturated heterocycles. The van der Waals surface area contributed by atoms with E-state index >= 15 is 0 Å². The van der Waals surface area contributed by atoms with Crippen LogP contribution in [0.5, 0.6) is 5.75 Å². The van der Waals surface area contributed by atoms with Crippen molar-refractivity contribution in [2.75, 3.05) is 0 Å². The number of carbonyl (C=O) groups excluding carboxylic acids is 3. The van der Waals surface area contributed by atoms with Crippen LogP contribution in [0.2, 0.25) is 0 Å². The maximum Gasteiger partial charge on any atom is 0.573 e. The van der Waals surface area contributed by atoms with Crippen LogP contribution in [0, 0.1) is 0 Å². The zero-order valence-electron chi connectivity index (χ0n) is 17.0. The van der Waals surface area contributed by atoms with Crippen LogP contribution in [0.3, 0.4) is 0 Å². The Morgan fingerprint density at radius 1 is 1.03 bits per heavy atom. The predicted octanol–water partition coefficient (Wildman–Crippen LogP) is 3.32. The third-order valence-electron chi connectivity index (χ3n) is 6.11. The lowest BCUT2D eigenvalue weighted by atomic mass is 9.72. The van der Waals surface area contributed by atoms with E-state index in [1.54, 1.807) is 6.08 Å². The van der Waals surface area contributed by atoms with Crippen LogP contribution in [0.4, 0.5) is 13.2 Å². The van der Waals surface area contributed by atoms with Crippen LogP contribution in [-0.2, 0) is 14.4 Å². The number of nitrogens with one attached hydrogen (secondary N) is 1. The fourth-order valence-electron chi connectivity index (χ4n) is 4.89. The van der Waals surface area contributed by atoms with Crippen molar-refractivity contribution in [1.82, 2.24) is 10.2 Å². The van der Waals surface area contributed by atoms with E-state index in [-0.39, 0.29) is 17.8 Å². The third-order valence-corrected chi connectivity index (χ3v) is 6.11. The summed E-state index contributed by atoms with van der Waals surface area (Å²) in [6, 6.07) is 12.2. The van der Waals surface area contributed by atoms with Gasteiger partial charge in [-0.3, -0.25) is 14.4 Å². The van der Waals surface area contributed by atoms with Gasteiger partial charge in [-0.1, -0.05) is 42.5 Å². The second-order valence-corrected chi connectivity index (χ2v) is 8.05. The number of nitrogens with zero attached hydrogens (tertiary/aromatic N) is 1. The molecule has 0 saturated carbocycles. The van der Waals surface area contributed by atoms with Crippen LogP contribution in [-0.4, -0.2) is 40.4 Å². The summed E-state index contributed by atoms with van der Waals surface area (Å²) in [6.45, 7) is 0. The number of alkyl halides is 3. The molecule has 33 heavy (non-hydrogen) atoms. The molecule has 1 aliphatic carbocycles. The van der Waals surface area contributed by atoms with E-state index in [2.05, 4.69) is 10.1 Å². The number of carbonyl (C=O) groups is 3. The van der Waals surface area contributed by atoms with Gasteiger partial charge in [-0.05, 0) is 41.0 Å². The van der Waals surface area contributed by atoms with Gasteiger partial charge in [0.1, 0.15) is 17.3 Å². The van der Waals surface area contributed by atoms with Crippen LogP contribution in [0.15, 0.2) is 72.8 Å². The Bertz CT molecular complexity index is 1220. The van der Waals surface area contributed by atoms with Crippen LogP contribution in [0.1, 0.15) is 23.6 Å². The van der Waals surface area contributed by atoms with E-state index in [4.69, 9.17) is 0 Å². The minimum absolute atomic E-state index is 0.0138. The first-order valence-electron chi connectivity index (χ1n) is 10.2. The molecule has 1 fully saturated rings. The SMILES string of the molecule is O=C1C=C[C@]23C(c4ccccc4)=CC(=O)N2[C@H](c2cccc(OC(F)(F)F)c2)C(=O)N[C@@H]3C1. The number of hydrogen-bond acceptors (Lipinski definition) is 4. The Morgan fingerprint density at radius 3 is 2.52 bits per heavy atom. The highest BCUT2D eigenvalue weighted by atomic mass is 19.4. The predicted molar refractivity (Wildman–Crippen MR) is 111 cm³/mol. The zero-order valence-corrected chi connectivity index (χ0v) is 17.0. The second-order valence-electron chi connectivity index (χ2n) is 8.05. The summed E-state index contributed by atoms with van der Waals surface area (Å²) < 4.78 is 42.3. The molecule has 2 aromatic rings. The normalized spacial score (nSPS) is 26.5. The zero-order chi connectivity index (χ0) is 23.4. The molecule has 0 unspecified atom stereocenters. The van der Waals surface area contributed by atoms with Crippen molar-refractivity contribution in [2.45, 2.75) is 30.4 Å². The van der Waals surface area contributed by atoms with Crippen molar-refractivity contribution < 1.29 is 32.3 Å². The fourth-order valence-corrected chi connectivity index (χ4v) is 4.89. The minimum atomic E-state index is -4.91. The first-order chi connectivity index (χ1) is 15.7. The van der Waals surface area contributed by atoms with Crippen molar-refractivity contribution in [2.24, 2.45) is 0 Å². The van der Waals surface area contributed by atoms with Gasteiger partial charge in [-0.2, -0.15) is 0 Å². The van der Waals surface area contributed by atoms with Gasteiger partial charge in [0, 0.05) is 12.5 Å². The first kappa shape index (κ1) is 21.0. The lowest BCUT2D eigenvalue weighted by molar-refractivity contribution is -0.274. The second kappa shape index (κ2) is 7.33. The number of allylic oxidation sites excluding steroid dienone is 1. The summed E-state index contributed by atoms with van der Waals surface area (Å²) in [7, 11) is 0. The molecule has 2 heterocycles. The van der Waals surface area contributed by atoms with Gasteiger partial charge >= 0.3 is 6.36 Å². The Labute approximate surface area is 186 Å². The molecule has 9 heteroatoms. The van der Waals surface area contributed by atoms with Crippen molar-refractivity contribution in [3.63, 3.8) is 0 Å². The van der Waals surface area contributed by atoms with E-state index in [0.29, 0.717) is 5.57 Å². The number of halogens is 3. The summed E-state index contributed by atoms with van der Waals surface area (Å²) >= 11 is 0. The highest BCUT2D eigenvalue weighted by molar-refractivity contribution is 6.10. The number of hydrogen-bond donors (Lipinski definition) is 1. The summed E-state index contributed by atoms with van der Waals surface area (Å²) in [4.78, 5) is 40.0. The molecule has 3 atom stereocenters. The minimum Gasteiger partial charge on any atom is -0.406 e. The smallest absolute Gasteiger partial charge is 0.406 e. The molecule has 5 rings (SSSR count). The fraction of sp³-hybridized carbons (Fsp3) is 0.208. The number of piperazine rings is 1. The molecule has 2 amide bonds. The Hall–Kier alpha value is -3.88. The van der Waals surface area contributed by atoms with Crippen molar-refractivity contribution in [3.05, 3.63) is 84.0 Å². The molecule has 1 N–H and O–H groups in total. The lowest BCUT2D eigenvalue weighted by Crippen LogP contribution is -2.69. The van der Waals surface area contributed by atoms with Crippen LogP contribution < -0.4 is 10.1 Å². The topological polar surface area (TPSA) is 75.7 Å². The first-order valence-corrected chi connectivity index (χ1v) is 10.2. The molecule has 0 aromatic heterocycles. The van der Waals surface area contributed by atoms with Gasteiger partial charge in [0.15, 0.2) is 5.78 Å². The summed E-state index contributed by atoms with van der Waals surface area (Å²) in [6.07, 6.45) is -0.504. The number of amides is 2. The Kier molecular flexibility index (Phi) is 4.66. The molecule has 2 aromatic carbocycles. The summed E-state index contributed by atoms with van der Waals surface area (Å²) in [5.74, 6) is -1.75. The maximum atomic E-state index is 13.3. The molecule has 3 aliphatic rings. The molecular weight excluding hydrogens is 437 g/mol. The molecular formula is C24H17F3N2O4. The molecule has 6 nitrogen and oxygen atoms in total. The molecule has 0 radical (unpaired) electrons. The molecule has 1 spiro atoms. The molecule has 168 valence electrons. The van der Waals surface area contributed by atoms with Gasteiger partial charge in [-0.25, -0.2) is 0 Å². The monoisotopic (exact) mass is 454 g/mol. The number of ketones is 1. The van der Waals surface area contributed by atoms with E-state index in [1.807, 2.05) is 30.3 Å². The van der Waals surface area contributed by atoms with E-state index in [1.165, 1.54) is 29.2 Å². The van der Waals surface area contributed by atoms with Gasteiger partial charge in [0.2, 0.25) is 11.8 Å². The average molecular weight is 454 g/mol. The van der Waals surface area contributed by atoms with Gasteiger partial charge in [0.05, 0.1) is 6.04 Å². The maximum absolute atomic E-state index is 13.3. The van der Waals surface area contributed by atoms with Gasteiger partial charge < -0.3 is 15.0 Å². The van der Waals surface area contributed by atoms with Crippen molar-refractivity contribution in [1.29, 1.82) is 0 Å². The van der Waals surface area contributed by atoms with Gasteiger partial charge in [-0.15, -0.1) is 13.2 Å². The average Bonchev–Trinajstić information content (AvgIpc) is 3.05. The number of ether oxygens (including phenoxy) is 1. The van der Waals surface area contributed by atoms with E-state index in [9.17, 15) is 27.6 Å². The van der Waals surface area contributed by atoms with Crippen molar-refractivity contribution >= 4 is 23.2 Å². The highest BCUT2D eigenvalue weighted by Crippen LogP contribution is 2.50. The summed E-state index contributed by atoms with van der Waals surface area (Å²) in [5.41, 5.74) is 0.343. The molecule has 2 aliphatic heterocycles. The molecule has 0 bridgehead atoms. The third kappa shape index (κ3) is 3.40. The van der Waals surface area contributed by atoms with E-state index < -0.39 is 41.5 Å². The van der Waals surface area contributed by atoms with Gasteiger partial charge in [0.25, 0.3) is 0 Å². The Balaban J connectivity index is 1.65. The van der Waals surface area contributed by atoms with Crippen molar-refractivity contribution in [3.8, 4) is 5.75 Å². The standard InChI is InChI=1S/C24H17F3N2O4/c25-24(26,27)33-17-8-4-7-15(11-17)21-22(32)28-19-12-16(30)9-10-23(19)18(13-20(31)29(21)23)14-5-2-1-3-6-14/h1-11,13,19,21H,12H2,(H,28,32)/t19-,21-,23-/m1/s1. The number of benzene rings is 2. The van der Waals surface area contributed by atoms with Crippen LogP contribution in [0.25, 0.3) is 5.57 Å². The quantitative estimate of drug-likeness (QED) is 0.772. The van der Waals surface area contributed by atoms with Crippen LogP contribution >= 0.6 is 0 Å². The lowest BCUT2D eigenvalue weighted by Gasteiger charge is -2.52. The largest absolute Gasteiger partial charge is 0.573 e. The number of rotatable bonds is 3. The summed E-state index contributed by atoms with van der Waals surface area (Å²) in [5, 5.41) is 2.84. The Morgan fingerprint density at radius 2 is 1.79 bits per heavy atom.